The summed E-state index contributed by atoms with van der Waals surface area (Å²) in [6.45, 7) is -2.96. The first-order valence-corrected chi connectivity index (χ1v) is 6.98. The van der Waals surface area contributed by atoms with Gasteiger partial charge in [0.1, 0.15) is 11.5 Å². The number of nitrogens with zero attached hydrogens (tertiary/aromatic N) is 1. The van der Waals surface area contributed by atoms with Gasteiger partial charge in [0.15, 0.2) is 5.69 Å². The molecule has 1 heterocycles. The van der Waals surface area contributed by atoms with E-state index in [1.54, 1.807) is 12.1 Å². The van der Waals surface area contributed by atoms with Crippen molar-refractivity contribution in [2.75, 3.05) is 5.32 Å². The monoisotopic (exact) mass is 308 g/mol. The number of anilines is 1. The number of aromatic nitrogens is 1. The fraction of sp³-hybridized carbons (Fsp3) is 0.333. The van der Waals surface area contributed by atoms with Crippen molar-refractivity contribution in [3.05, 3.63) is 41.3 Å². The Kier molecular flexibility index (Phi) is 4.04. The third kappa shape index (κ3) is 2.93. The van der Waals surface area contributed by atoms with Gasteiger partial charge >= 0.3 is 6.61 Å². The molecule has 1 aliphatic rings. The smallest absolute Gasteiger partial charge is 0.387 e. The van der Waals surface area contributed by atoms with E-state index in [0.717, 1.165) is 37.0 Å². The van der Waals surface area contributed by atoms with E-state index in [0.29, 0.717) is 0 Å². The van der Waals surface area contributed by atoms with Crippen molar-refractivity contribution in [3.8, 4) is 5.75 Å². The van der Waals surface area contributed by atoms with E-state index in [-0.39, 0.29) is 17.1 Å². The molecule has 1 aromatic carbocycles. The number of amides is 1. The molecule has 0 unspecified atom stereocenters. The second kappa shape index (κ2) is 6.13. The average molecular weight is 308 g/mol. The van der Waals surface area contributed by atoms with Gasteiger partial charge in [0.2, 0.25) is 0 Å². The lowest BCUT2D eigenvalue weighted by atomic mass is 9.96. The first kappa shape index (κ1) is 14.5. The number of carbonyl (C=O) groups excluding carboxylic acids is 1. The van der Waals surface area contributed by atoms with Crippen LogP contribution in [0.15, 0.2) is 28.8 Å². The van der Waals surface area contributed by atoms with E-state index < -0.39 is 12.5 Å². The Balaban J connectivity index is 1.81. The molecule has 0 saturated heterocycles. The minimum absolute atomic E-state index is 0.0942. The fourth-order valence-corrected chi connectivity index (χ4v) is 2.51. The molecule has 0 atom stereocenters. The van der Waals surface area contributed by atoms with E-state index in [1.807, 2.05) is 0 Å². The molecule has 1 aliphatic carbocycles. The fourth-order valence-electron chi connectivity index (χ4n) is 2.51. The highest BCUT2D eigenvalue weighted by Gasteiger charge is 2.24. The van der Waals surface area contributed by atoms with Crippen molar-refractivity contribution in [1.82, 2.24) is 5.16 Å². The Bertz CT molecular complexity index is 685. The van der Waals surface area contributed by atoms with Crippen molar-refractivity contribution in [1.29, 1.82) is 0 Å². The third-order valence-corrected chi connectivity index (χ3v) is 3.52. The summed E-state index contributed by atoms with van der Waals surface area (Å²) in [5.41, 5.74) is 1.18. The molecule has 0 bridgehead atoms. The molecule has 2 aromatic rings. The van der Waals surface area contributed by atoms with Gasteiger partial charge in [-0.15, -0.1) is 0 Å². The van der Waals surface area contributed by atoms with Gasteiger partial charge in [-0.1, -0.05) is 17.3 Å². The van der Waals surface area contributed by atoms with Crippen LogP contribution in [0.2, 0.25) is 0 Å². The average Bonchev–Trinajstić information content (AvgIpc) is 2.93. The van der Waals surface area contributed by atoms with E-state index >= 15 is 0 Å². The molecular formula is C15H14F2N2O3. The summed E-state index contributed by atoms with van der Waals surface area (Å²) in [5, 5.41) is 6.36. The van der Waals surface area contributed by atoms with E-state index in [4.69, 9.17) is 4.52 Å². The minimum atomic E-state index is -2.96. The number of halogens is 2. The van der Waals surface area contributed by atoms with Gasteiger partial charge < -0.3 is 14.6 Å². The summed E-state index contributed by atoms with van der Waals surface area (Å²) < 4.78 is 34.3. The molecule has 1 N–H and O–H groups in total. The highest BCUT2D eigenvalue weighted by molar-refractivity contribution is 6.04. The van der Waals surface area contributed by atoms with Gasteiger partial charge in [0.25, 0.3) is 5.91 Å². The van der Waals surface area contributed by atoms with Crippen LogP contribution in [-0.2, 0) is 12.8 Å². The summed E-state index contributed by atoms with van der Waals surface area (Å²) >= 11 is 0. The molecule has 3 rings (SSSR count). The number of hydrogen-bond donors (Lipinski definition) is 1. The highest BCUT2D eigenvalue weighted by atomic mass is 19.3. The minimum Gasteiger partial charge on any atom is -0.433 e. The van der Waals surface area contributed by atoms with Gasteiger partial charge in [0.05, 0.1) is 5.69 Å². The lowest BCUT2D eigenvalue weighted by molar-refractivity contribution is -0.0493. The van der Waals surface area contributed by atoms with Gasteiger partial charge in [-0.05, 0) is 31.4 Å². The first-order chi connectivity index (χ1) is 10.6. The maximum absolute atomic E-state index is 12.4. The predicted molar refractivity (Wildman–Crippen MR) is 74.2 cm³/mol. The number of rotatable bonds is 4. The molecule has 0 aliphatic heterocycles. The van der Waals surface area contributed by atoms with Crippen LogP contribution in [0.4, 0.5) is 14.5 Å². The number of nitrogens with one attached hydrogen (secondary N) is 1. The molecule has 0 spiro atoms. The van der Waals surface area contributed by atoms with Gasteiger partial charge in [-0.2, -0.15) is 8.78 Å². The Morgan fingerprint density at radius 2 is 2.05 bits per heavy atom. The van der Waals surface area contributed by atoms with Crippen molar-refractivity contribution in [2.45, 2.75) is 32.3 Å². The molecule has 0 fully saturated rings. The predicted octanol–water partition coefficient (Wildman–Crippen LogP) is 3.41. The summed E-state index contributed by atoms with van der Waals surface area (Å²) in [7, 11) is 0. The molecule has 0 radical (unpaired) electrons. The summed E-state index contributed by atoms with van der Waals surface area (Å²) in [6, 6.07) is 6.01. The summed E-state index contributed by atoms with van der Waals surface area (Å²) in [4.78, 5) is 12.3. The second-order valence-corrected chi connectivity index (χ2v) is 4.97. The first-order valence-electron chi connectivity index (χ1n) is 6.98. The SMILES string of the molecule is O=C(Nc1ccccc1OC(F)F)c1noc2c1CCCC2. The largest absolute Gasteiger partial charge is 0.433 e. The molecule has 0 saturated carbocycles. The zero-order valence-electron chi connectivity index (χ0n) is 11.6. The molecule has 1 amide bonds. The molecule has 5 nitrogen and oxygen atoms in total. The maximum atomic E-state index is 12.4. The van der Waals surface area contributed by atoms with Crippen molar-refractivity contribution in [2.24, 2.45) is 0 Å². The quantitative estimate of drug-likeness (QED) is 0.940. The Labute approximate surface area is 125 Å². The van der Waals surface area contributed by atoms with Crippen LogP contribution in [0.1, 0.15) is 34.7 Å². The molecule has 7 heteroatoms. The van der Waals surface area contributed by atoms with Crippen LogP contribution in [0.25, 0.3) is 0 Å². The van der Waals surface area contributed by atoms with Crippen LogP contribution >= 0.6 is 0 Å². The topological polar surface area (TPSA) is 64.4 Å². The normalized spacial score (nSPS) is 13.8. The number of carbonyl (C=O) groups is 1. The molecule has 116 valence electrons. The van der Waals surface area contributed by atoms with Crippen LogP contribution in [0, 0.1) is 0 Å². The van der Waals surface area contributed by atoms with Crippen LogP contribution in [0.5, 0.6) is 5.75 Å². The van der Waals surface area contributed by atoms with Gasteiger partial charge in [-0.25, -0.2) is 0 Å². The number of aryl methyl sites for hydroxylation is 1. The lowest BCUT2D eigenvalue weighted by Crippen LogP contribution is -2.16. The van der Waals surface area contributed by atoms with E-state index in [2.05, 4.69) is 15.2 Å². The Hall–Kier alpha value is -2.44. The third-order valence-electron chi connectivity index (χ3n) is 3.52. The van der Waals surface area contributed by atoms with Gasteiger partial charge in [0, 0.05) is 12.0 Å². The zero-order chi connectivity index (χ0) is 15.5. The second-order valence-electron chi connectivity index (χ2n) is 4.97. The van der Waals surface area contributed by atoms with Crippen molar-refractivity contribution in [3.63, 3.8) is 0 Å². The number of hydrogen-bond acceptors (Lipinski definition) is 4. The van der Waals surface area contributed by atoms with Crippen LogP contribution in [0.3, 0.4) is 0 Å². The molecule has 1 aromatic heterocycles. The van der Waals surface area contributed by atoms with E-state index in [1.165, 1.54) is 12.1 Å². The van der Waals surface area contributed by atoms with Crippen LogP contribution in [-0.4, -0.2) is 17.7 Å². The number of alkyl halides is 2. The number of benzene rings is 1. The molecular weight excluding hydrogens is 294 g/mol. The molecule has 22 heavy (non-hydrogen) atoms. The van der Waals surface area contributed by atoms with Gasteiger partial charge in [-0.3, -0.25) is 4.79 Å². The van der Waals surface area contributed by atoms with Crippen LogP contribution < -0.4 is 10.1 Å². The summed E-state index contributed by atoms with van der Waals surface area (Å²) in [6.07, 6.45) is 3.48. The van der Waals surface area contributed by atoms with Crippen molar-refractivity contribution < 1.29 is 22.8 Å². The zero-order valence-corrected chi connectivity index (χ0v) is 11.6. The standard InChI is InChI=1S/C15H14F2N2O3/c16-15(17)21-12-8-4-2-6-10(12)18-14(20)13-9-5-1-3-7-11(9)22-19-13/h2,4,6,8,15H,1,3,5,7H2,(H,18,20). The number of fused-ring (bicyclic) bond motifs is 1. The number of ether oxygens (including phenoxy) is 1. The maximum Gasteiger partial charge on any atom is 0.387 e. The van der Waals surface area contributed by atoms with Crippen molar-refractivity contribution >= 4 is 11.6 Å². The van der Waals surface area contributed by atoms with E-state index in [9.17, 15) is 13.6 Å². The number of para-hydroxylation sites is 2. The highest BCUT2D eigenvalue weighted by Crippen LogP contribution is 2.28. The lowest BCUT2D eigenvalue weighted by Gasteiger charge is -2.12. The Morgan fingerprint density at radius 1 is 1.27 bits per heavy atom. The summed E-state index contributed by atoms with van der Waals surface area (Å²) in [5.74, 6) is 0.147. The Morgan fingerprint density at radius 3 is 2.86 bits per heavy atom.